The maximum atomic E-state index is 11.9. The Labute approximate surface area is 124 Å². The predicted octanol–water partition coefficient (Wildman–Crippen LogP) is 3.66. The number of nitriles is 1. The maximum absolute atomic E-state index is 11.9. The predicted molar refractivity (Wildman–Crippen MR) is 84.3 cm³/mol. The number of piperidine rings is 1. The van der Waals surface area contributed by atoms with Gasteiger partial charge in [-0.15, -0.1) is 0 Å². The number of fused-ring (bicyclic) bond motifs is 1. The van der Waals surface area contributed by atoms with Gasteiger partial charge in [0.25, 0.3) is 0 Å². The van der Waals surface area contributed by atoms with Crippen molar-refractivity contribution in [2.45, 2.75) is 32.2 Å². The Kier molecular flexibility index (Phi) is 3.62. The molecule has 3 nitrogen and oxygen atoms in total. The Morgan fingerprint density at radius 2 is 1.95 bits per heavy atom. The van der Waals surface area contributed by atoms with Gasteiger partial charge in [0.15, 0.2) is 5.78 Å². The zero-order valence-corrected chi connectivity index (χ0v) is 12.2. The number of carbonyl (C=O) groups is 1. The molecule has 0 amide bonds. The smallest absolute Gasteiger partial charge is 0.152 e. The van der Waals surface area contributed by atoms with Crippen LogP contribution in [0.25, 0.3) is 10.8 Å². The molecular weight excluding hydrogens is 260 g/mol. The molecule has 1 unspecified atom stereocenters. The molecule has 1 fully saturated rings. The number of nitrogens with zero attached hydrogens (tertiary/aromatic N) is 2. The van der Waals surface area contributed by atoms with Gasteiger partial charge in [-0.25, -0.2) is 0 Å². The summed E-state index contributed by atoms with van der Waals surface area (Å²) in [4.78, 5) is 14.2. The average molecular weight is 278 g/mol. The van der Waals surface area contributed by atoms with E-state index in [2.05, 4.69) is 11.0 Å². The molecule has 2 aromatic rings. The van der Waals surface area contributed by atoms with Crippen molar-refractivity contribution in [2.75, 3.05) is 11.4 Å². The summed E-state index contributed by atoms with van der Waals surface area (Å²) >= 11 is 0. The van der Waals surface area contributed by atoms with Crippen molar-refractivity contribution in [1.82, 2.24) is 0 Å². The third-order valence-corrected chi connectivity index (χ3v) is 4.30. The fourth-order valence-corrected chi connectivity index (χ4v) is 3.27. The molecule has 0 aliphatic carbocycles. The highest BCUT2D eigenvalue weighted by Gasteiger charge is 2.27. The number of carbonyl (C=O) groups excluding carboxylic acids is 1. The van der Waals surface area contributed by atoms with Crippen LogP contribution in [0.5, 0.6) is 0 Å². The molecule has 2 aromatic carbocycles. The Bertz CT molecular complexity index is 730. The van der Waals surface area contributed by atoms with Crippen molar-refractivity contribution >= 4 is 22.2 Å². The zero-order valence-electron chi connectivity index (χ0n) is 12.2. The molecule has 1 heterocycles. The lowest BCUT2D eigenvalue weighted by atomic mass is 9.96. The topological polar surface area (TPSA) is 44.1 Å². The normalized spacial score (nSPS) is 18.5. The van der Waals surface area contributed by atoms with E-state index >= 15 is 0 Å². The highest BCUT2D eigenvalue weighted by molar-refractivity contribution is 5.99. The first kappa shape index (κ1) is 13.6. The maximum Gasteiger partial charge on any atom is 0.152 e. The van der Waals surface area contributed by atoms with Crippen molar-refractivity contribution in [3.63, 3.8) is 0 Å². The minimum absolute atomic E-state index is 0.0323. The molecule has 21 heavy (non-hydrogen) atoms. The van der Waals surface area contributed by atoms with E-state index < -0.39 is 0 Å². The van der Waals surface area contributed by atoms with Crippen LogP contribution >= 0.6 is 0 Å². The minimum atomic E-state index is -0.0323. The second-order valence-corrected chi connectivity index (χ2v) is 5.61. The zero-order chi connectivity index (χ0) is 14.8. The van der Waals surface area contributed by atoms with Crippen LogP contribution in [-0.2, 0) is 4.79 Å². The second kappa shape index (κ2) is 5.57. The van der Waals surface area contributed by atoms with Gasteiger partial charge >= 0.3 is 0 Å². The molecule has 3 heteroatoms. The number of hydrogen-bond acceptors (Lipinski definition) is 3. The molecule has 0 saturated carbocycles. The van der Waals surface area contributed by atoms with E-state index in [0.29, 0.717) is 5.56 Å². The molecule has 0 spiro atoms. The van der Waals surface area contributed by atoms with Gasteiger partial charge in [0.2, 0.25) is 0 Å². The van der Waals surface area contributed by atoms with Gasteiger partial charge in [0.05, 0.1) is 17.7 Å². The van der Waals surface area contributed by atoms with Crippen molar-refractivity contribution in [3.05, 3.63) is 42.0 Å². The molecule has 0 bridgehead atoms. The van der Waals surface area contributed by atoms with Crippen molar-refractivity contribution in [3.8, 4) is 6.07 Å². The lowest BCUT2D eigenvalue weighted by molar-refractivity contribution is -0.118. The Balaban J connectivity index is 2.16. The minimum Gasteiger partial charge on any atom is -0.361 e. The summed E-state index contributed by atoms with van der Waals surface area (Å²) in [5, 5.41) is 11.3. The number of anilines is 1. The molecule has 0 radical (unpaired) electrons. The number of benzene rings is 2. The summed E-state index contributed by atoms with van der Waals surface area (Å²) in [6.07, 6.45) is 3.14. The van der Waals surface area contributed by atoms with Crippen LogP contribution in [0.15, 0.2) is 36.4 Å². The summed E-state index contributed by atoms with van der Waals surface area (Å²) in [5.41, 5.74) is 1.76. The van der Waals surface area contributed by atoms with Gasteiger partial charge in [-0.1, -0.05) is 24.3 Å². The Morgan fingerprint density at radius 3 is 2.67 bits per heavy atom. The SMILES string of the molecule is CC(=O)C1CCCCN1c1ccc(C#N)c2ccccc12. The number of ketones is 1. The van der Waals surface area contributed by atoms with E-state index in [1.165, 1.54) is 0 Å². The monoisotopic (exact) mass is 278 g/mol. The summed E-state index contributed by atoms with van der Waals surface area (Å²) in [7, 11) is 0. The van der Waals surface area contributed by atoms with Crippen LogP contribution in [0.2, 0.25) is 0 Å². The van der Waals surface area contributed by atoms with E-state index in [1.54, 1.807) is 6.92 Å². The summed E-state index contributed by atoms with van der Waals surface area (Å²) in [5.74, 6) is 0.225. The third-order valence-electron chi connectivity index (χ3n) is 4.30. The average Bonchev–Trinajstić information content (AvgIpc) is 2.53. The molecule has 3 rings (SSSR count). The largest absolute Gasteiger partial charge is 0.361 e. The number of Topliss-reactive ketones (excluding diaryl/α,β-unsaturated/α-hetero) is 1. The number of hydrogen-bond donors (Lipinski definition) is 0. The molecule has 106 valence electrons. The van der Waals surface area contributed by atoms with Gasteiger partial charge < -0.3 is 4.90 Å². The van der Waals surface area contributed by atoms with Crippen LogP contribution in [0.1, 0.15) is 31.7 Å². The van der Waals surface area contributed by atoms with Crippen molar-refractivity contribution in [1.29, 1.82) is 5.26 Å². The first-order valence-electron chi connectivity index (χ1n) is 7.41. The molecular formula is C18H18N2O. The van der Waals surface area contributed by atoms with E-state index in [9.17, 15) is 10.1 Å². The fourth-order valence-electron chi connectivity index (χ4n) is 3.27. The van der Waals surface area contributed by atoms with Crippen LogP contribution in [0.3, 0.4) is 0 Å². The number of rotatable bonds is 2. The van der Waals surface area contributed by atoms with E-state index in [-0.39, 0.29) is 11.8 Å². The highest BCUT2D eigenvalue weighted by Crippen LogP contribution is 2.33. The Morgan fingerprint density at radius 1 is 1.19 bits per heavy atom. The Hall–Kier alpha value is -2.34. The standard InChI is InChI=1S/C18H18N2O/c1-13(21)17-8-4-5-11-20(17)18-10-9-14(12-19)15-6-2-3-7-16(15)18/h2-3,6-7,9-10,17H,4-5,8,11H2,1H3. The van der Waals surface area contributed by atoms with Crippen LogP contribution < -0.4 is 4.90 Å². The molecule has 1 aliphatic rings. The van der Waals surface area contributed by atoms with Crippen molar-refractivity contribution in [2.24, 2.45) is 0 Å². The van der Waals surface area contributed by atoms with E-state index in [0.717, 1.165) is 42.3 Å². The first-order valence-corrected chi connectivity index (χ1v) is 7.41. The highest BCUT2D eigenvalue weighted by atomic mass is 16.1. The van der Waals surface area contributed by atoms with E-state index in [4.69, 9.17) is 0 Å². The third kappa shape index (κ3) is 2.38. The van der Waals surface area contributed by atoms with Gasteiger partial charge in [-0.3, -0.25) is 4.79 Å². The fraction of sp³-hybridized carbons (Fsp3) is 0.333. The lowest BCUT2D eigenvalue weighted by Crippen LogP contribution is -2.44. The van der Waals surface area contributed by atoms with Gasteiger partial charge in [-0.05, 0) is 38.3 Å². The van der Waals surface area contributed by atoms with Gasteiger partial charge in [0, 0.05) is 23.0 Å². The molecule has 0 aromatic heterocycles. The summed E-state index contributed by atoms with van der Waals surface area (Å²) in [6.45, 7) is 2.58. The summed E-state index contributed by atoms with van der Waals surface area (Å²) in [6, 6.07) is 14.0. The van der Waals surface area contributed by atoms with E-state index in [1.807, 2.05) is 36.4 Å². The lowest BCUT2D eigenvalue weighted by Gasteiger charge is -2.36. The molecule has 0 N–H and O–H groups in total. The summed E-state index contributed by atoms with van der Waals surface area (Å²) < 4.78 is 0. The quantitative estimate of drug-likeness (QED) is 0.842. The van der Waals surface area contributed by atoms with Gasteiger partial charge in [0.1, 0.15) is 0 Å². The molecule has 1 saturated heterocycles. The van der Waals surface area contributed by atoms with Crippen LogP contribution in [0.4, 0.5) is 5.69 Å². The van der Waals surface area contributed by atoms with Crippen LogP contribution in [-0.4, -0.2) is 18.4 Å². The van der Waals surface area contributed by atoms with Crippen LogP contribution in [0, 0.1) is 11.3 Å². The molecule has 1 atom stereocenters. The van der Waals surface area contributed by atoms with Gasteiger partial charge in [-0.2, -0.15) is 5.26 Å². The molecule has 1 aliphatic heterocycles. The first-order chi connectivity index (χ1) is 10.2. The van der Waals surface area contributed by atoms with Crippen molar-refractivity contribution < 1.29 is 4.79 Å². The second-order valence-electron chi connectivity index (χ2n) is 5.61.